The average Bonchev–Trinajstić information content (AvgIpc) is 3.00. The SMILES string of the molecule is Cc1ncc(N)cc1C(=O)N1CCC(N2CCCCC2)C1. The summed E-state index contributed by atoms with van der Waals surface area (Å²) in [6.07, 6.45) is 6.62. The molecule has 2 aliphatic rings. The van der Waals surface area contributed by atoms with Crippen LogP contribution in [0.2, 0.25) is 0 Å². The van der Waals surface area contributed by atoms with Crippen LogP contribution in [0.3, 0.4) is 0 Å². The molecular weight excluding hydrogens is 264 g/mol. The third-order valence-electron chi connectivity index (χ3n) is 4.70. The third-order valence-corrected chi connectivity index (χ3v) is 4.70. The van der Waals surface area contributed by atoms with Crippen LogP contribution in [0.4, 0.5) is 5.69 Å². The molecule has 114 valence electrons. The Morgan fingerprint density at radius 2 is 2.05 bits per heavy atom. The Bertz CT molecular complexity index is 525. The number of nitrogen functional groups attached to an aromatic ring is 1. The van der Waals surface area contributed by atoms with E-state index >= 15 is 0 Å². The van der Waals surface area contributed by atoms with Gasteiger partial charge < -0.3 is 10.6 Å². The largest absolute Gasteiger partial charge is 0.397 e. The summed E-state index contributed by atoms with van der Waals surface area (Å²) in [6, 6.07) is 2.28. The van der Waals surface area contributed by atoms with Gasteiger partial charge in [-0.05, 0) is 45.3 Å². The summed E-state index contributed by atoms with van der Waals surface area (Å²) in [7, 11) is 0. The number of carbonyl (C=O) groups excluding carboxylic acids is 1. The Morgan fingerprint density at radius 3 is 2.81 bits per heavy atom. The zero-order chi connectivity index (χ0) is 14.8. The number of nitrogens with zero attached hydrogens (tertiary/aromatic N) is 3. The minimum Gasteiger partial charge on any atom is -0.397 e. The molecule has 21 heavy (non-hydrogen) atoms. The number of rotatable bonds is 2. The second kappa shape index (κ2) is 6.02. The van der Waals surface area contributed by atoms with Gasteiger partial charge in [0.05, 0.1) is 23.1 Å². The first-order valence-corrected chi connectivity index (χ1v) is 7.90. The Morgan fingerprint density at radius 1 is 1.29 bits per heavy atom. The van der Waals surface area contributed by atoms with Crippen LogP contribution >= 0.6 is 0 Å². The lowest BCUT2D eigenvalue weighted by molar-refractivity contribution is 0.0770. The van der Waals surface area contributed by atoms with Crippen LogP contribution in [0.1, 0.15) is 41.7 Å². The van der Waals surface area contributed by atoms with Gasteiger partial charge in [-0.25, -0.2) is 0 Å². The molecule has 5 heteroatoms. The number of hydrogen-bond donors (Lipinski definition) is 1. The molecule has 1 atom stereocenters. The molecule has 0 aromatic carbocycles. The van der Waals surface area contributed by atoms with Crippen molar-refractivity contribution in [1.29, 1.82) is 0 Å². The molecule has 3 rings (SSSR count). The predicted molar refractivity (Wildman–Crippen MR) is 83.1 cm³/mol. The van der Waals surface area contributed by atoms with Crippen LogP contribution < -0.4 is 5.73 Å². The lowest BCUT2D eigenvalue weighted by Gasteiger charge is -2.32. The molecule has 0 aliphatic carbocycles. The van der Waals surface area contributed by atoms with Crippen LogP contribution in [0.5, 0.6) is 0 Å². The standard InChI is InChI=1S/C16H24N4O/c1-12-15(9-13(17)10-18-12)16(21)20-8-5-14(11-20)19-6-3-2-4-7-19/h9-10,14H,2-8,11,17H2,1H3. The molecule has 0 saturated carbocycles. The number of amides is 1. The van der Waals surface area contributed by atoms with Gasteiger partial charge >= 0.3 is 0 Å². The quantitative estimate of drug-likeness (QED) is 0.899. The van der Waals surface area contributed by atoms with Gasteiger partial charge in [-0.2, -0.15) is 0 Å². The van der Waals surface area contributed by atoms with Crippen molar-refractivity contribution in [2.75, 3.05) is 31.9 Å². The predicted octanol–water partition coefficient (Wildman–Crippen LogP) is 1.67. The van der Waals surface area contributed by atoms with Crippen molar-refractivity contribution in [2.24, 2.45) is 0 Å². The zero-order valence-corrected chi connectivity index (χ0v) is 12.7. The van der Waals surface area contributed by atoms with E-state index in [1.807, 2.05) is 11.8 Å². The van der Waals surface area contributed by atoms with Gasteiger partial charge in [0, 0.05) is 19.1 Å². The molecule has 1 unspecified atom stereocenters. The minimum absolute atomic E-state index is 0.0757. The van der Waals surface area contributed by atoms with E-state index in [9.17, 15) is 4.79 Å². The smallest absolute Gasteiger partial charge is 0.255 e. The molecule has 2 saturated heterocycles. The summed E-state index contributed by atoms with van der Waals surface area (Å²) in [5.41, 5.74) is 7.73. The molecule has 0 radical (unpaired) electrons. The van der Waals surface area contributed by atoms with Gasteiger partial charge in [-0.15, -0.1) is 0 Å². The summed E-state index contributed by atoms with van der Waals surface area (Å²) in [6.45, 7) is 5.92. The van der Waals surface area contributed by atoms with Gasteiger partial charge in [-0.1, -0.05) is 6.42 Å². The van der Waals surface area contributed by atoms with Crippen molar-refractivity contribution in [2.45, 2.75) is 38.6 Å². The first-order chi connectivity index (χ1) is 10.1. The van der Waals surface area contributed by atoms with E-state index in [-0.39, 0.29) is 5.91 Å². The van der Waals surface area contributed by atoms with E-state index < -0.39 is 0 Å². The van der Waals surface area contributed by atoms with Crippen LogP contribution in [0.15, 0.2) is 12.3 Å². The first kappa shape index (κ1) is 14.3. The summed E-state index contributed by atoms with van der Waals surface area (Å²) >= 11 is 0. The Hall–Kier alpha value is -1.62. The Kier molecular flexibility index (Phi) is 4.10. The highest BCUT2D eigenvalue weighted by Crippen LogP contribution is 2.22. The maximum Gasteiger partial charge on any atom is 0.255 e. The number of pyridine rings is 1. The highest BCUT2D eigenvalue weighted by molar-refractivity contribution is 5.96. The number of piperidine rings is 1. The number of likely N-dealkylation sites (tertiary alicyclic amines) is 2. The lowest BCUT2D eigenvalue weighted by atomic mass is 10.1. The van der Waals surface area contributed by atoms with Gasteiger partial charge in [0.1, 0.15) is 0 Å². The molecule has 3 heterocycles. The number of anilines is 1. The first-order valence-electron chi connectivity index (χ1n) is 7.90. The molecule has 0 bridgehead atoms. The second-order valence-electron chi connectivity index (χ2n) is 6.19. The zero-order valence-electron chi connectivity index (χ0n) is 12.7. The Balaban J connectivity index is 1.67. The van der Waals surface area contributed by atoms with E-state index in [1.54, 1.807) is 12.3 Å². The van der Waals surface area contributed by atoms with Gasteiger partial charge in [0.25, 0.3) is 5.91 Å². The number of hydrogen-bond acceptors (Lipinski definition) is 4. The fourth-order valence-electron chi connectivity index (χ4n) is 3.44. The highest BCUT2D eigenvalue weighted by atomic mass is 16.2. The van der Waals surface area contributed by atoms with E-state index in [4.69, 9.17) is 5.73 Å². The molecular formula is C16H24N4O. The molecule has 0 spiro atoms. The van der Waals surface area contributed by atoms with Crippen molar-refractivity contribution < 1.29 is 4.79 Å². The van der Waals surface area contributed by atoms with Gasteiger partial charge in [0.15, 0.2) is 0 Å². The summed E-state index contributed by atoms with van der Waals surface area (Å²) in [4.78, 5) is 21.4. The molecule has 2 fully saturated rings. The third kappa shape index (κ3) is 3.02. The molecule has 2 N–H and O–H groups in total. The second-order valence-corrected chi connectivity index (χ2v) is 6.19. The van der Waals surface area contributed by atoms with Crippen molar-refractivity contribution in [1.82, 2.24) is 14.8 Å². The van der Waals surface area contributed by atoms with E-state index in [0.717, 1.165) is 25.2 Å². The van der Waals surface area contributed by atoms with Crippen molar-refractivity contribution in [3.05, 3.63) is 23.5 Å². The molecule has 1 aromatic rings. The van der Waals surface area contributed by atoms with Crippen LogP contribution in [-0.2, 0) is 0 Å². The highest BCUT2D eigenvalue weighted by Gasteiger charge is 2.31. The summed E-state index contributed by atoms with van der Waals surface area (Å²) < 4.78 is 0. The molecule has 5 nitrogen and oxygen atoms in total. The topological polar surface area (TPSA) is 62.5 Å². The van der Waals surface area contributed by atoms with Crippen LogP contribution in [0, 0.1) is 6.92 Å². The van der Waals surface area contributed by atoms with Crippen LogP contribution in [0.25, 0.3) is 0 Å². The Labute approximate surface area is 126 Å². The number of nitrogens with two attached hydrogens (primary N) is 1. The van der Waals surface area contributed by atoms with Gasteiger partial charge in [-0.3, -0.25) is 14.7 Å². The number of aryl methyl sites for hydroxylation is 1. The van der Waals surface area contributed by atoms with Crippen molar-refractivity contribution >= 4 is 11.6 Å². The molecule has 2 aliphatic heterocycles. The van der Waals surface area contributed by atoms with Crippen molar-refractivity contribution in [3.8, 4) is 0 Å². The number of aromatic nitrogens is 1. The maximum atomic E-state index is 12.7. The monoisotopic (exact) mass is 288 g/mol. The van der Waals surface area contributed by atoms with Crippen LogP contribution in [-0.4, -0.2) is 52.9 Å². The van der Waals surface area contributed by atoms with E-state index in [1.165, 1.54) is 32.4 Å². The van der Waals surface area contributed by atoms with Gasteiger partial charge in [0.2, 0.25) is 0 Å². The van der Waals surface area contributed by atoms with E-state index in [0.29, 0.717) is 17.3 Å². The summed E-state index contributed by atoms with van der Waals surface area (Å²) in [5, 5.41) is 0. The normalized spacial score (nSPS) is 23.5. The average molecular weight is 288 g/mol. The molecule has 1 amide bonds. The fraction of sp³-hybridized carbons (Fsp3) is 0.625. The van der Waals surface area contributed by atoms with E-state index in [2.05, 4.69) is 9.88 Å². The van der Waals surface area contributed by atoms with Crippen molar-refractivity contribution in [3.63, 3.8) is 0 Å². The number of carbonyl (C=O) groups is 1. The molecule has 1 aromatic heterocycles. The lowest BCUT2D eigenvalue weighted by Crippen LogP contribution is -2.41. The summed E-state index contributed by atoms with van der Waals surface area (Å²) in [5.74, 6) is 0.0757. The minimum atomic E-state index is 0.0757. The maximum absolute atomic E-state index is 12.7. The fourth-order valence-corrected chi connectivity index (χ4v) is 3.44.